The first-order chi connectivity index (χ1) is 9.95. The van der Waals surface area contributed by atoms with Crippen molar-refractivity contribution in [3.05, 3.63) is 34.2 Å². The molecule has 0 fully saturated rings. The predicted octanol–water partition coefficient (Wildman–Crippen LogP) is 1.53. The maximum absolute atomic E-state index is 12.1. The van der Waals surface area contributed by atoms with Crippen molar-refractivity contribution in [2.24, 2.45) is 4.40 Å². The lowest BCUT2D eigenvalue weighted by atomic mass is 10.2. The summed E-state index contributed by atoms with van der Waals surface area (Å²) < 4.78 is 28.8. The van der Waals surface area contributed by atoms with Crippen LogP contribution in [-0.4, -0.2) is 37.9 Å². The molecule has 21 heavy (non-hydrogen) atoms. The van der Waals surface area contributed by atoms with Gasteiger partial charge < -0.3 is 5.32 Å². The van der Waals surface area contributed by atoms with Crippen molar-refractivity contribution in [3.63, 3.8) is 0 Å². The Morgan fingerprint density at radius 3 is 2.86 bits per heavy atom. The first kappa shape index (κ1) is 15.7. The Bertz CT molecular complexity index is 676. The molecule has 0 saturated carbocycles. The molecule has 1 amide bonds. The number of thiophene rings is 1. The standard InChI is InChI=1S/C13H17N3O3S2/c1-3-4-7-14-13(17)11-9-10(12-6-5-8-20-12)15-21(18,19)16(11)2/h5-6,8-9H,3-4,7H2,1-2H3,(H,14,17). The molecule has 0 atom stereocenters. The van der Waals surface area contributed by atoms with Crippen molar-refractivity contribution >= 4 is 33.2 Å². The first-order valence-corrected chi connectivity index (χ1v) is 8.86. The minimum absolute atomic E-state index is 0.0875. The zero-order chi connectivity index (χ0) is 15.5. The SMILES string of the molecule is CCCCNC(=O)C1=CC(c2cccs2)=NS(=O)(=O)N1C. The molecule has 1 aliphatic rings. The van der Waals surface area contributed by atoms with E-state index in [4.69, 9.17) is 0 Å². The van der Waals surface area contributed by atoms with Crippen LogP contribution in [0.2, 0.25) is 0 Å². The van der Waals surface area contributed by atoms with Crippen LogP contribution < -0.4 is 5.32 Å². The average molecular weight is 327 g/mol. The molecule has 0 bridgehead atoms. The van der Waals surface area contributed by atoms with E-state index in [1.54, 1.807) is 6.07 Å². The molecule has 0 saturated heterocycles. The normalized spacial score (nSPS) is 17.1. The van der Waals surface area contributed by atoms with E-state index in [0.717, 1.165) is 17.1 Å². The van der Waals surface area contributed by atoms with Crippen LogP contribution in [0.4, 0.5) is 0 Å². The molecule has 2 heterocycles. The van der Waals surface area contributed by atoms with Crippen molar-refractivity contribution < 1.29 is 13.2 Å². The van der Waals surface area contributed by atoms with Crippen LogP contribution in [0, 0.1) is 0 Å². The highest BCUT2D eigenvalue weighted by atomic mass is 32.2. The number of likely N-dealkylation sites (N-methyl/N-ethyl adjacent to an activating group) is 1. The molecule has 0 radical (unpaired) electrons. The highest BCUT2D eigenvalue weighted by Gasteiger charge is 2.29. The van der Waals surface area contributed by atoms with Crippen molar-refractivity contribution in [1.29, 1.82) is 0 Å². The zero-order valence-electron chi connectivity index (χ0n) is 11.9. The van der Waals surface area contributed by atoms with Crippen molar-refractivity contribution in [3.8, 4) is 0 Å². The summed E-state index contributed by atoms with van der Waals surface area (Å²) in [5.74, 6) is -0.404. The maximum Gasteiger partial charge on any atom is 0.345 e. The van der Waals surface area contributed by atoms with Crippen molar-refractivity contribution in [2.75, 3.05) is 13.6 Å². The summed E-state index contributed by atoms with van der Waals surface area (Å²) in [5, 5.41) is 4.55. The van der Waals surface area contributed by atoms with E-state index >= 15 is 0 Å². The summed E-state index contributed by atoms with van der Waals surface area (Å²) in [5.41, 5.74) is 0.383. The number of carbonyl (C=O) groups excluding carboxylic acids is 1. The fraction of sp³-hybridized carbons (Fsp3) is 0.385. The Kier molecular flexibility index (Phi) is 4.79. The highest BCUT2D eigenvalue weighted by Crippen LogP contribution is 2.21. The number of rotatable bonds is 5. The number of amides is 1. The third kappa shape index (κ3) is 3.51. The van der Waals surface area contributed by atoms with Gasteiger partial charge >= 0.3 is 10.2 Å². The Hall–Kier alpha value is -1.67. The van der Waals surface area contributed by atoms with Gasteiger partial charge in [0.15, 0.2) is 0 Å². The topological polar surface area (TPSA) is 78.8 Å². The predicted molar refractivity (Wildman–Crippen MR) is 83.5 cm³/mol. The number of hydrogen-bond acceptors (Lipinski definition) is 4. The van der Waals surface area contributed by atoms with Gasteiger partial charge in [-0.1, -0.05) is 19.4 Å². The first-order valence-electron chi connectivity index (χ1n) is 6.58. The largest absolute Gasteiger partial charge is 0.351 e. The number of allylic oxidation sites excluding steroid dienone is 1. The Balaban J connectivity index is 2.30. The molecule has 2 rings (SSSR count). The smallest absolute Gasteiger partial charge is 0.345 e. The van der Waals surface area contributed by atoms with E-state index in [0.29, 0.717) is 17.1 Å². The summed E-state index contributed by atoms with van der Waals surface area (Å²) in [7, 11) is -2.53. The molecule has 1 aromatic heterocycles. The molecule has 114 valence electrons. The molecule has 1 aliphatic heterocycles. The van der Waals surface area contributed by atoms with Gasteiger partial charge in [-0.25, -0.2) is 4.31 Å². The van der Waals surface area contributed by atoms with Gasteiger partial charge in [0.1, 0.15) is 5.70 Å². The van der Waals surface area contributed by atoms with Gasteiger partial charge in [-0.3, -0.25) is 4.79 Å². The number of nitrogens with zero attached hydrogens (tertiary/aromatic N) is 2. The number of nitrogens with one attached hydrogen (secondary N) is 1. The highest BCUT2D eigenvalue weighted by molar-refractivity contribution is 7.88. The van der Waals surface area contributed by atoms with Gasteiger partial charge in [0.2, 0.25) is 0 Å². The third-order valence-corrected chi connectivity index (χ3v) is 5.20. The molecule has 1 aromatic rings. The molecular weight excluding hydrogens is 310 g/mol. The lowest BCUT2D eigenvalue weighted by Crippen LogP contribution is -2.38. The van der Waals surface area contributed by atoms with Crippen LogP contribution in [0.3, 0.4) is 0 Å². The number of carbonyl (C=O) groups is 1. The fourth-order valence-corrected chi connectivity index (χ4v) is 3.43. The minimum atomic E-state index is -3.86. The molecule has 0 unspecified atom stereocenters. The summed E-state index contributed by atoms with van der Waals surface area (Å²) in [6.07, 6.45) is 3.31. The summed E-state index contributed by atoms with van der Waals surface area (Å²) >= 11 is 1.38. The van der Waals surface area contributed by atoms with Gasteiger partial charge in [0.05, 0.1) is 10.6 Å². The van der Waals surface area contributed by atoms with Gasteiger partial charge in [0.25, 0.3) is 5.91 Å². The molecule has 0 aromatic carbocycles. The summed E-state index contributed by atoms with van der Waals surface area (Å²) in [6.45, 7) is 2.54. The summed E-state index contributed by atoms with van der Waals surface area (Å²) in [6, 6.07) is 3.58. The second-order valence-corrected chi connectivity index (χ2v) is 7.11. The average Bonchev–Trinajstić information content (AvgIpc) is 2.95. The number of hydrogen-bond donors (Lipinski definition) is 1. The van der Waals surface area contributed by atoms with Gasteiger partial charge in [-0.15, -0.1) is 15.7 Å². The monoisotopic (exact) mass is 327 g/mol. The Labute approximate surface area is 128 Å². The quantitative estimate of drug-likeness (QED) is 0.833. The van der Waals surface area contributed by atoms with E-state index in [-0.39, 0.29) is 5.70 Å². The van der Waals surface area contributed by atoms with E-state index < -0.39 is 16.1 Å². The van der Waals surface area contributed by atoms with Crippen LogP contribution in [-0.2, 0) is 15.0 Å². The maximum atomic E-state index is 12.1. The van der Waals surface area contributed by atoms with Crippen molar-refractivity contribution in [2.45, 2.75) is 19.8 Å². The van der Waals surface area contributed by atoms with Crippen LogP contribution in [0.25, 0.3) is 0 Å². The van der Waals surface area contributed by atoms with Gasteiger partial charge in [-0.05, 0) is 23.9 Å². The molecule has 8 heteroatoms. The molecule has 1 N–H and O–H groups in total. The van der Waals surface area contributed by atoms with E-state index in [1.807, 2.05) is 18.4 Å². The van der Waals surface area contributed by atoms with Crippen molar-refractivity contribution in [1.82, 2.24) is 9.62 Å². The molecular formula is C13H17N3O3S2. The molecule has 0 spiro atoms. The lowest BCUT2D eigenvalue weighted by molar-refractivity contribution is -0.118. The van der Waals surface area contributed by atoms with Crippen LogP contribution in [0.15, 0.2) is 33.7 Å². The van der Waals surface area contributed by atoms with Gasteiger partial charge in [-0.2, -0.15) is 8.42 Å². The van der Waals surface area contributed by atoms with Crippen LogP contribution in [0.1, 0.15) is 24.6 Å². The van der Waals surface area contributed by atoms with Crippen LogP contribution in [0.5, 0.6) is 0 Å². The Morgan fingerprint density at radius 2 is 2.24 bits per heavy atom. The molecule has 0 aliphatic carbocycles. The van der Waals surface area contributed by atoms with Crippen LogP contribution >= 0.6 is 11.3 Å². The fourth-order valence-electron chi connectivity index (χ4n) is 1.77. The second-order valence-electron chi connectivity index (χ2n) is 4.54. The van der Waals surface area contributed by atoms with Gasteiger partial charge in [0, 0.05) is 13.6 Å². The minimum Gasteiger partial charge on any atom is -0.351 e. The lowest BCUT2D eigenvalue weighted by Gasteiger charge is -2.23. The zero-order valence-corrected chi connectivity index (χ0v) is 13.5. The molecule has 6 nitrogen and oxygen atoms in total. The number of unbranched alkanes of at least 4 members (excludes halogenated alkanes) is 1. The van der Waals surface area contributed by atoms with E-state index in [2.05, 4.69) is 9.71 Å². The van der Waals surface area contributed by atoms with E-state index in [9.17, 15) is 13.2 Å². The van der Waals surface area contributed by atoms with E-state index in [1.165, 1.54) is 24.5 Å². The second kappa shape index (κ2) is 6.40. The summed E-state index contributed by atoms with van der Waals surface area (Å²) in [4.78, 5) is 12.9. The Morgan fingerprint density at radius 1 is 1.48 bits per heavy atom. The third-order valence-electron chi connectivity index (χ3n) is 2.99.